The van der Waals surface area contributed by atoms with E-state index in [1.807, 2.05) is 6.92 Å². The van der Waals surface area contributed by atoms with E-state index >= 15 is 0 Å². The Morgan fingerprint density at radius 3 is 2.96 bits per heavy atom. The van der Waals surface area contributed by atoms with Crippen LogP contribution in [0.2, 0.25) is 5.02 Å². The molecule has 0 aliphatic rings. The topological polar surface area (TPSA) is 104 Å². The average Bonchev–Trinajstić information content (AvgIpc) is 3.20. The summed E-state index contributed by atoms with van der Waals surface area (Å²) in [6, 6.07) is 5.28. The Hall–Kier alpha value is -2.36. The zero-order valence-corrected chi connectivity index (χ0v) is 17.4. The summed E-state index contributed by atoms with van der Waals surface area (Å²) in [6.45, 7) is 3.90. The molecule has 0 atom stereocenters. The Labute approximate surface area is 173 Å². The first kappa shape index (κ1) is 19.0. The van der Waals surface area contributed by atoms with Crippen LogP contribution in [0.1, 0.15) is 28.0 Å². The molecule has 0 aliphatic carbocycles. The van der Waals surface area contributed by atoms with E-state index < -0.39 is 0 Å². The maximum absolute atomic E-state index is 12.1. The van der Waals surface area contributed by atoms with Gasteiger partial charge in [-0.2, -0.15) is 0 Å². The number of nitrogen functional groups attached to an aromatic ring is 1. The van der Waals surface area contributed by atoms with Crippen molar-refractivity contribution in [2.24, 2.45) is 0 Å². The van der Waals surface area contributed by atoms with Crippen LogP contribution in [0.4, 0.5) is 5.82 Å². The van der Waals surface area contributed by atoms with Gasteiger partial charge in [0.2, 0.25) is 0 Å². The fourth-order valence-electron chi connectivity index (χ4n) is 2.74. The number of anilines is 1. The molecule has 0 amide bonds. The number of rotatable bonds is 5. The van der Waals surface area contributed by atoms with Crippen LogP contribution in [0.25, 0.3) is 21.3 Å². The number of aromatic nitrogens is 3. The second-order valence-electron chi connectivity index (χ2n) is 5.86. The minimum Gasteiger partial charge on any atom is -0.462 e. The molecule has 28 heavy (non-hydrogen) atoms. The maximum atomic E-state index is 12.1. The molecule has 0 bridgehead atoms. The smallest absolute Gasteiger partial charge is 0.348 e. The number of hydrogen-bond acceptors (Lipinski definition) is 9. The van der Waals surface area contributed by atoms with Crippen molar-refractivity contribution in [2.75, 3.05) is 12.3 Å². The number of carbonyl (C=O) groups excluding carboxylic acids is 1. The lowest BCUT2D eigenvalue weighted by Crippen LogP contribution is -2.03. The molecule has 0 unspecified atom stereocenters. The predicted octanol–water partition coefficient (Wildman–Crippen LogP) is 4.85. The SMILES string of the molecule is CCOC(=O)c1sc2nc(CSc3nc4cc(Cl)ccc4o3)nc(N)c2c1C. The van der Waals surface area contributed by atoms with Crippen molar-refractivity contribution in [3.63, 3.8) is 0 Å². The molecule has 3 heterocycles. The third-order valence-electron chi connectivity index (χ3n) is 3.98. The third-order valence-corrected chi connectivity index (χ3v) is 6.20. The summed E-state index contributed by atoms with van der Waals surface area (Å²) >= 11 is 8.59. The van der Waals surface area contributed by atoms with Gasteiger partial charge in [0.25, 0.3) is 5.22 Å². The van der Waals surface area contributed by atoms with Gasteiger partial charge in [-0.05, 0) is 37.6 Å². The summed E-state index contributed by atoms with van der Waals surface area (Å²) in [7, 11) is 0. The zero-order valence-electron chi connectivity index (χ0n) is 15.0. The maximum Gasteiger partial charge on any atom is 0.348 e. The number of esters is 1. The highest BCUT2D eigenvalue weighted by Gasteiger charge is 2.20. The summed E-state index contributed by atoms with van der Waals surface area (Å²) in [5.41, 5.74) is 8.23. The Bertz CT molecular complexity index is 1200. The molecule has 0 saturated heterocycles. The highest BCUT2D eigenvalue weighted by Crippen LogP contribution is 2.34. The van der Waals surface area contributed by atoms with E-state index in [9.17, 15) is 4.79 Å². The fraction of sp³-hybridized carbons (Fsp3) is 0.222. The van der Waals surface area contributed by atoms with E-state index in [0.29, 0.717) is 60.4 Å². The van der Waals surface area contributed by atoms with Crippen molar-refractivity contribution in [3.05, 3.63) is 39.5 Å². The number of benzene rings is 1. The number of ether oxygens (including phenoxy) is 1. The second kappa shape index (κ2) is 7.57. The molecule has 10 heteroatoms. The van der Waals surface area contributed by atoms with Gasteiger partial charge in [0.1, 0.15) is 26.9 Å². The highest BCUT2D eigenvalue weighted by molar-refractivity contribution is 7.98. The molecule has 0 fully saturated rings. The van der Waals surface area contributed by atoms with E-state index in [-0.39, 0.29) is 5.97 Å². The van der Waals surface area contributed by atoms with Crippen molar-refractivity contribution >= 4 is 67.8 Å². The quantitative estimate of drug-likeness (QED) is 0.351. The number of carbonyl (C=O) groups is 1. The number of hydrogen-bond donors (Lipinski definition) is 1. The lowest BCUT2D eigenvalue weighted by Gasteiger charge is -2.02. The van der Waals surface area contributed by atoms with Gasteiger partial charge in [-0.15, -0.1) is 11.3 Å². The first-order valence-corrected chi connectivity index (χ1v) is 10.6. The lowest BCUT2D eigenvalue weighted by molar-refractivity contribution is 0.0531. The van der Waals surface area contributed by atoms with Gasteiger partial charge in [0, 0.05) is 5.02 Å². The Morgan fingerprint density at radius 2 is 2.18 bits per heavy atom. The number of halogens is 1. The molecule has 0 spiro atoms. The van der Waals surface area contributed by atoms with Crippen LogP contribution in [0.3, 0.4) is 0 Å². The molecule has 4 rings (SSSR count). The van der Waals surface area contributed by atoms with Crippen molar-refractivity contribution in [1.29, 1.82) is 0 Å². The average molecular weight is 435 g/mol. The monoisotopic (exact) mass is 434 g/mol. The number of nitrogens with two attached hydrogens (primary N) is 1. The summed E-state index contributed by atoms with van der Waals surface area (Å²) in [5.74, 6) is 0.927. The van der Waals surface area contributed by atoms with E-state index in [0.717, 1.165) is 5.56 Å². The first-order chi connectivity index (χ1) is 13.5. The van der Waals surface area contributed by atoms with Crippen molar-refractivity contribution in [1.82, 2.24) is 15.0 Å². The molecular formula is C18H15ClN4O3S2. The predicted molar refractivity (Wildman–Crippen MR) is 111 cm³/mol. The molecule has 0 aliphatic heterocycles. The standard InChI is InChI=1S/C18H15ClN4O3S2/c1-3-25-17(24)14-8(2)13-15(20)22-12(23-16(13)28-14)7-27-18-21-10-6-9(19)4-5-11(10)26-18/h4-6H,3,7H2,1-2H3,(H2,20,22,23). The fourth-order valence-corrected chi connectivity index (χ4v) is 4.70. The molecule has 4 aromatic rings. The first-order valence-electron chi connectivity index (χ1n) is 8.37. The van der Waals surface area contributed by atoms with E-state index in [2.05, 4.69) is 15.0 Å². The molecule has 7 nitrogen and oxygen atoms in total. The molecule has 0 radical (unpaired) electrons. The molecule has 144 valence electrons. The number of fused-ring (bicyclic) bond motifs is 2. The number of nitrogens with zero attached hydrogens (tertiary/aromatic N) is 3. The third kappa shape index (κ3) is 3.52. The van der Waals surface area contributed by atoms with Gasteiger partial charge in [0.05, 0.1) is 17.7 Å². The molecule has 0 saturated carbocycles. The Kier molecular flexibility index (Phi) is 5.13. The molecular weight excluding hydrogens is 420 g/mol. The minimum atomic E-state index is -0.372. The molecule has 3 aromatic heterocycles. The highest BCUT2D eigenvalue weighted by atomic mass is 35.5. The van der Waals surface area contributed by atoms with Crippen LogP contribution in [-0.4, -0.2) is 27.5 Å². The summed E-state index contributed by atoms with van der Waals surface area (Å²) in [4.78, 5) is 26.6. The van der Waals surface area contributed by atoms with Gasteiger partial charge in [-0.25, -0.2) is 19.7 Å². The van der Waals surface area contributed by atoms with Gasteiger partial charge in [-0.1, -0.05) is 23.4 Å². The lowest BCUT2D eigenvalue weighted by atomic mass is 10.2. The normalized spacial score (nSPS) is 11.4. The number of thioether (sulfide) groups is 1. The van der Waals surface area contributed by atoms with E-state index in [4.69, 9.17) is 26.5 Å². The van der Waals surface area contributed by atoms with Crippen LogP contribution in [0, 0.1) is 6.92 Å². The largest absolute Gasteiger partial charge is 0.462 e. The number of aryl methyl sites for hydroxylation is 1. The van der Waals surface area contributed by atoms with Gasteiger partial charge < -0.3 is 14.9 Å². The Morgan fingerprint density at radius 1 is 1.36 bits per heavy atom. The van der Waals surface area contributed by atoms with Gasteiger partial charge in [-0.3, -0.25) is 0 Å². The number of oxazole rings is 1. The second-order valence-corrected chi connectivity index (χ2v) is 8.22. The van der Waals surface area contributed by atoms with Crippen LogP contribution in [-0.2, 0) is 10.5 Å². The summed E-state index contributed by atoms with van der Waals surface area (Å²) in [5, 5.41) is 1.79. The summed E-state index contributed by atoms with van der Waals surface area (Å²) in [6.07, 6.45) is 0. The van der Waals surface area contributed by atoms with E-state index in [1.165, 1.54) is 23.1 Å². The van der Waals surface area contributed by atoms with Crippen molar-refractivity contribution in [3.8, 4) is 0 Å². The Balaban J connectivity index is 1.60. The van der Waals surface area contributed by atoms with Crippen LogP contribution in [0.15, 0.2) is 27.8 Å². The van der Waals surface area contributed by atoms with Crippen molar-refractivity contribution < 1.29 is 13.9 Å². The van der Waals surface area contributed by atoms with Gasteiger partial charge >= 0.3 is 5.97 Å². The van der Waals surface area contributed by atoms with Crippen LogP contribution < -0.4 is 5.73 Å². The van der Waals surface area contributed by atoms with Crippen LogP contribution >= 0.6 is 34.7 Å². The molecule has 1 aromatic carbocycles. The zero-order chi connectivity index (χ0) is 19.8. The minimum absolute atomic E-state index is 0.311. The summed E-state index contributed by atoms with van der Waals surface area (Å²) < 4.78 is 10.8. The molecule has 2 N–H and O–H groups in total. The van der Waals surface area contributed by atoms with Crippen molar-refractivity contribution in [2.45, 2.75) is 24.8 Å². The van der Waals surface area contributed by atoms with Crippen LogP contribution in [0.5, 0.6) is 0 Å². The van der Waals surface area contributed by atoms with E-state index in [1.54, 1.807) is 25.1 Å². The number of thiophene rings is 1. The van der Waals surface area contributed by atoms with Gasteiger partial charge in [0.15, 0.2) is 5.58 Å².